The summed E-state index contributed by atoms with van der Waals surface area (Å²) in [5.74, 6) is 0.726. The molecule has 0 saturated carbocycles. The summed E-state index contributed by atoms with van der Waals surface area (Å²) in [6.07, 6.45) is 1.92. The van der Waals surface area contributed by atoms with Gasteiger partial charge in [0.05, 0.1) is 15.1 Å². The lowest BCUT2D eigenvalue weighted by Gasteiger charge is -2.19. The third-order valence-electron chi connectivity index (χ3n) is 6.13. The first-order valence-electron chi connectivity index (χ1n) is 12.2. The summed E-state index contributed by atoms with van der Waals surface area (Å²) in [5.41, 5.74) is 4.07. The Labute approximate surface area is 230 Å². The highest BCUT2D eigenvalue weighted by atomic mass is 79.9. The molecule has 1 amide bonds. The second-order valence-electron chi connectivity index (χ2n) is 9.23. The quantitative estimate of drug-likeness (QED) is 0.218. The first kappa shape index (κ1) is 25.3. The second kappa shape index (κ2) is 11.0. The molecule has 1 aliphatic heterocycles. The molecule has 4 nitrogen and oxygen atoms in total. The van der Waals surface area contributed by atoms with Gasteiger partial charge in [-0.1, -0.05) is 66.2 Å². The SMILES string of the molecule is Cc1ccc(N=C2S/C(=C/c3ccc(OCc4cccc5ccccc45)c(Br)c3)C(=O)N2C(C)C)cc1. The number of carbonyl (C=O) groups is 1. The number of halogens is 1. The van der Waals surface area contributed by atoms with E-state index in [0.717, 1.165) is 27.0 Å². The molecule has 37 heavy (non-hydrogen) atoms. The molecule has 0 bridgehead atoms. The summed E-state index contributed by atoms with van der Waals surface area (Å²) in [6.45, 7) is 6.52. The van der Waals surface area contributed by atoms with Gasteiger partial charge >= 0.3 is 0 Å². The normalized spacial score (nSPS) is 15.9. The Hall–Kier alpha value is -3.35. The number of hydrogen-bond donors (Lipinski definition) is 0. The Morgan fingerprint density at radius 3 is 2.51 bits per heavy atom. The van der Waals surface area contributed by atoms with Crippen LogP contribution in [0.3, 0.4) is 0 Å². The smallest absolute Gasteiger partial charge is 0.266 e. The lowest BCUT2D eigenvalue weighted by molar-refractivity contribution is -0.123. The first-order valence-corrected chi connectivity index (χ1v) is 13.8. The Balaban J connectivity index is 1.35. The van der Waals surface area contributed by atoms with E-state index in [0.29, 0.717) is 16.7 Å². The van der Waals surface area contributed by atoms with Gasteiger partial charge in [-0.3, -0.25) is 9.69 Å². The molecule has 1 fully saturated rings. The van der Waals surface area contributed by atoms with E-state index < -0.39 is 0 Å². The van der Waals surface area contributed by atoms with Crippen LogP contribution in [0.25, 0.3) is 16.8 Å². The molecule has 0 atom stereocenters. The van der Waals surface area contributed by atoms with Gasteiger partial charge in [0.25, 0.3) is 5.91 Å². The molecule has 0 unspecified atom stereocenters. The minimum atomic E-state index is -0.0294. The number of fused-ring (bicyclic) bond motifs is 1. The van der Waals surface area contributed by atoms with E-state index in [1.165, 1.54) is 28.1 Å². The van der Waals surface area contributed by atoms with Crippen LogP contribution in [0.5, 0.6) is 5.75 Å². The Kier molecular flexibility index (Phi) is 7.49. The van der Waals surface area contributed by atoms with Gasteiger partial charge in [-0.15, -0.1) is 0 Å². The molecular weight excluding hydrogens is 544 g/mol. The van der Waals surface area contributed by atoms with Crippen LogP contribution in [0.15, 0.2) is 99.3 Å². The van der Waals surface area contributed by atoms with Gasteiger partial charge in [0, 0.05) is 6.04 Å². The predicted molar refractivity (Wildman–Crippen MR) is 158 cm³/mol. The van der Waals surface area contributed by atoms with Crippen molar-refractivity contribution in [1.29, 1.82) is 0 Å². The largest absolute Gasteiger partial charge is 0.488 e. The average molecular weight is 572 g/mol. The van der Waals surface area contributed by atoms with Crippen LogP contribution < -0.4 is 4.74 Å². The molecule has 0 aromatic heterocycles. The molecule has 4 aromatic carbocycles. The van der Waals surface area contributed by atoms with E-state index in [4.69, 9.17) is 9.73 Å². The number of thioether (sulfide) groups is 1. The van der Waals surface area contributed by atoms with Gasteiger partial charge in [-0.05, 0) is 101 Å². The molecule has 0 N–H and O–H groups in total. The van der Waals surface area contributed by atoms with E-state index in [-0.39, 0.29) is 11.9 Å². The van der Waals surface area contributed by atoms with Crippen molar-refractivity contribution in [1.82, 2.24) is 4.90 Å². The van der Waals surface area contributed by atoms with Gasteiger partial charge in [-0.2, -0.15) is 0 Å². The summed E-state index contributed by atoms with van der Waals surface area (Å²) in [6, 6.07) is 28.5. The first-order chi connectivity index (χ1) is 17.9. The summed E-state index contributed by atoms with van der Waals surface area (Å²) in [4.78, 5) is 20.4. The number of ether oxygens (including phenoxy) is 1. The van der Waals surface area contributed by atoms with Gasteiger partial charge in [-0.25, -0.2) is 4.99 Å². The Morgan fingerprint density at radius 2 is 1.76 bits per heavy atom. The summed E-state index contributed by atoms with van der Waals surface area (Å²) < 4.78 is 6.99. The minimum Gasteiger partial charge on any atom is -0.488 e. The van der Waals surface area contributed by atoms with Gasteiger partial charge in [0.15, 0.2) is 5.17 Å². The third kappa shape index (κ3) is 5.65. The van der Waals surface area contributed by atoms with Crippen molar-refractivity contribution in [3.05, 3.63) is 111 Å². The van der Waals surface area contributed by atoms with E-state index in [9.17, 15) is 4.79 Å². The van der Waals surface area contributed by atoms with Crippen molar-refractivity contribution < 1.29 is 9.53 Å². The number of amides is 1. The number of hydrogen-bond acceptors (Lipinski definition) is 4. The average Bonchev–Trinajstić information content (AvgIpc) is 3.19. The highest BCUT2D eigenvalue weighted by molar-refractivity contribution is 9.10. The highest BCUT2D eigenvalue weighted by Crippen LogP contribution is 2.36. The molecule has 6 heteroatoms. The molecule has 1 heterocycles. The molecule has 0 radical (unpaired) electrons. The summed E-state index contributed by atoms with van der Waals surface area (Å²) in [5, 5.41) is 3.09. The summed E-state index contributed by atoms with van der Waals surface area (Å²) >= 11 is 5.06. The van der Waals surface area contributed by atoms with Gasteiger partial charge in [0.1, 0.15) is 12.4 Å². The van der Waals surface area contributed by atoms with Crippen molar-refractivity contribution >= 4 is 61.3 Å². The number of carbonyl (C=O) groups excluding carboxylic acids is 1. The zero-order valence-electron chi connectivity index (χ0n) is 20.9. The summed E-state index contributed by atoms with van der Waals surface area (Å²) in [7, 11) is 0. The number of nitrogens with zero attached hydrogens (tertiary/aromatic N) is 2. The van der Waals surface area contributed by atoms with Gasteiger partial charge in [0.2, 0.25) is 0 Å². The number of benzene rings is 4. The van der Waals surface area contributed by atoms with Crippen LogP contribution in [0, 0.1) is 6.92 Å². The van der Waals surface area contributed by atoms with Crippen molar-refractivity contribution in [3.63, 3.8) is 0 Å². The lowest BCUT2D eigenvalue weighted by atomic mass is 10.1. The fourth-order valence-electron chi connectivity index (χ4n) is 4.20. The van der Waals surface area contributed by atoms with E-state index >= 15 is 0 Å². The van der Waals surface area contributed by atoms with Gasteiger partial charge < -0.3 is 4.74 Å². The maximum Gasteiger partial charge on any atom is 0.266 e. The Morgan fingerprint density at radius 1 is 1.00 bits per heavy atom. The lowest BCUT2D eigenvalue weighted by Crippen LogP contribution is -2.35. The number of amidine groups is 1. The minimum absolute atomic E-state index is 0.00618. The molecule has 1 saturated heterocycles. The molecule has 1 aliphatic rings. The number of aliphatic imine (C=N–C) groups is 1. The van der Waals surface area contributed by atoms with Crippen molar-refractivity contribution in [2.75, 3.05) is 0 Å². The predicted octanol–water partition coefficient (Wildman–Crippen LogP) is 8.50. The third-order valence-corrected chi connectivity index (χ3v) is 7.73. The molecule has 5 rings (SSSR count). The monoisotopic (exact) mass is 570 g/mol. The fourth-order valence-corrected chi connectivity index (χ4v) is 5.83. The maximum absolute atomic E-state index is 13.2. The van der Waals surface area contributed by atoms with E-state index in [2.05, 4.69) is 46.3 Å². The van der Waals surface area contributed by atoms with Crippen LogP contribution in [-0.2, 0) is 11.4 Å². The van der Waals surface area contributed by atoms with E-state index in [1.807, 2.05) is 81.4 Å². The molecule has 0 spiro atoms. The zero-order valence-corrected chi connectivity index (χ0v) is 23.3. The fraction of sp³-hybridized carbons (Fsp3) is 0.161. The van der Waals surface area contributed by atoms with Crippen LogP contribution in [0.1, 0.15) is 30.5 Å². The van der Waals surface area contributed by atoms with Crippen LogP contribution in [0.2, 0.25) is 0 Å². The van der Waals surface area contributed by atoms with Crippen molar-refractivity contribution in [2.24, 2.45) is 4.99 Å². The molecular formula is C31H27BrN2O2S. The number of rotatable bonds is 6. The molecule has 4 aromatic rings. The number of aryl methyl sites for hydroxylation is 1. The topological polar surface area (TPSA) is 41.9 Å². The zero-order chi connectivity index (χ0) is 25.9. The highest BCUT2D eigenvalue weighted by Gasteiger charge is 2.35. The second-order valence-corrected chi connectivity index (χ2v) is 11.1. The molecule has 186 valence electrons. The van der Waals surface area contributed by atoms with E-state index in [1.54, 1.807) is 4.90 Å². The standard InChI is InChI=1S/C31H27BrN2O2S/c1-20(2)34-30(35)29(37-31(34)33-25-14-11-21(3)12-15-25)18-22-13-16-28(27(32)17-22)36-19-24-9-6-8-23-7-4-5-10-26(23)24/h4-18,20H,19H2,1-3H3/b29-18+,33-31?. The van der Waals surface area contributed by atoms with Crippen molar-refractivity contribution in [3.8, 4) is 5.75 Å². The molecule has 0 aliphatic carbocycles. The van der Waals surface area contributed by atoms with Crippen LogP contribution >= 0.6 is 27.7 Å². The van der Waals surface area contributed by atoms with Crippen LogP contribution in [0.4, 0.5) is 5.69 Å². The van der Waals surface area contributed by atoms with Crippen LogP contribution in [-0.4, -0.2) is 22.0 Å². The Bertz CT molecular complexity index is 1520. The van der Waals surface area contributed by atoms with Crippen molar-refractivity contribution in [2.45, 2.75) is 33.4 Å². The maximum atomic E-state index is 13.2.